The Kier molecular flexibility index (Phi) is 5.89. The van der Waals surface area contributed by atoms with Gasteiger partial charge in [0.25, 0.3) is 11.8 Å². The van der Waals surface area contributed by atoms with Crippen molar-refractivity contribution in [2.45, 2.75) is 6.42 Å². The summed E-state index contributed by atoms with van der Waals surface area (Å²) in [5, 5.41) is 8.25. The second kappa shape index (κ2) is 9.08. The smallest absolute Gasteiger partial charge is 0.340 e. The van der Waals surface area contributed by atoms with Crippen LogP contribution in [-0.2, 0) is 9.53 Å². The molecule has 1 N–H and O–H groups in total. The topological polar surface area (TPSA) is 101 Å². The Bertz CT molecular complexity index is 1120. The van der Waals surface area contributed by atoms with E-state index < -0.39 is 24.4 Å². The first-order valence-corrected chi connectivity index (χ1v) is 9.66. The van der Waals surface area contributed by atoms with Crippen LogP contribution in [0.1, 0.15) is 32.9 Å². The summed E-state index contributed by atoms with van der Waals surface area (Å²) in [5.41, 5.74) is 2.15. The summed E-state index contributed by atoms with van der Waals surface area (Å²) in [6.07, 6.45) is 2.01. The van der Waals surface area contributed by atoms with Crippen LogP contribution in [0.3, 0.4) is 0 Å². The predicted molar refractivity (Wildman–Crippen MR) is 113 cm³/mol. The zero-order valence-electron chi connectivity index (χ0n) is 16.5. The van der Waals surface area contributed by atoms with Gasteiger partial charge in [0.15, 0.2) is 12.4 Å². The number of furan rings is 1. The lowest BCUT2D eigenvalue weighted by Gasteiger charge is -2.13. The monoisotopic (exact) mass is 417 g/mol. The minimum Gasteiger partial charge on any atom is -0.459 e. The molecule has 31 heavy (non-hydrogen) atoms. The molecule has 0 saturated carbocycles. The minimum atomic E-state index is -0.727. The van der Waals surface area contributed by atoms with Gasteiger partial charge < -0.3 is 14.5 Å². The highest BCUT2D eigenvalue weighted by molar-refractivity contribution is 6.07. The molecule has 1 aromatic heterocycles. The number of ether oxygens (including phenoxy) is 1. The number of para-hydroxylation sites is 1. The van der Waals surface area contributed by atoms with E-state index in [1.807, 2.05) is 30.3 Å². The van der Waals surface area contributed by atoms with Gasteiger partial charge in [-0.05, 0) is 29.8 Å². The van der Waals surface area contributed by atoms with Crippen molar-refractivity contribution in [3.05, 3.63) is 89.9 Å². The average Bonchev–Trinajstić information content (AvgIpc) is 3.51. The van der Waals surface area contributed by atoms with Gasteiger partial charge in [-0.2, -0.15) is 5.10 Å². The molecule has 1 aliphatic heterocycles. The van der Waals surface area contributed by atoms with Crippen LogP contribution in [0.4, 0.5) is 5.69 Å². The van der Waals surface area contributed by atoms with Crippen LogP contribution < -0.4 is 5.32 Å². The van der Waals surface area contributed by atoms with Crippen LogP contribution in [0.2, 0.25) is 0 Å². The number of amides is 2. The molecule has 2 heterocycles. The molecular weight excluding hydrogens is 398 g/mol. The van der Waals surface area contributed by atoms with Gasteiger partial charge in [-0.15, -0.1) is 0 Å². The molecule has 8 nitrogen and oxygen atoms in total. The predicted octanol–water partition coefficient (Wildman–Crippen LogP) is 3.33. The van der Waals surface area contributed by atoms with Crippen LogP contribution >= 0.6 is 0 Å². The first kappa shape index (κ1) is 20.1. The Morgan fingerprint density at radius 1 is 1.00 bits per heavy atom. The number of nitrogens with one attached hydrogen (secondary N) is 1. The molecule has 0 aliphatic carbocycles. The third-order valence-corrected chi connectivity index (χ3v) is 4.66. The Balaban J connectivity index is 1.38. The van der Waals surface area contributed by atoms with E-state index in [-0.39, 0.29) is 17.0 Å². The Labute approximate surface area is 178 Å². The lowest BCUT2D eigenvalue weighted by Crippen LogP contribution is -2.29. The number of hydrogen-bond donors (Lipinski definition) is 1. The lowest BCUT2D eigenvalue weighted by molar-refractivity contribution is -0.134. The minimum absolute atomic E-state index is 0.111. The molecule has 0 atom stereocenters. The van der Waals surface area contributed by atoms with Crippen molar-refractivity contribution in [3.63, 3.8) is 0 Å². The Morgan fingerprint density at radius 3 is 2.55 bits per heavy atom. The van der Waals surface area contributed by atoms with Crippen molar-refractivity contribution in [3.8, 4) is 0 Å². The number of benzene rings is 2. The van der Waals surface area contributed by atoms with Crippen LogP contribution in [0.15, 0.2) is 82.5 Å². The number of carbonyl (C=O) groups is 3. The average molecular weight is 417 g/mol. The number of hydrazone groups is 1. The third-order valence-electron chi connectivity index (χ3n) is 4.66. The van der Waals surface area contributed by atoms with Crippen molar-refractivity contribution in [2.75, 3.05) is 18.5 Å². The van der Waals surface area contributed by atoms with E-state index in [0.29, 0.717) is 13.0 Å². The maximum absolute atomic E-state index is 12.5. The first-order chi connectivity index (χ1) is 15.1. The van der Waals surface area contributed by atoms with E-state index in [9.17, 15) is 14.4 Å². The molecule has 0 fully saturated rings. The fraction of sp³-hybridized carbons (Fsp3) is 0.130. The summed E-state index contributed by atoms with van der Waals surface area (Å²) in [5.74, 6) is -1.54. The van der Waals surface area contributed by atoms with Crippen molar-refractivity contribution >= 4 is 29.2 Å². The van der Waals surface area contributed by atoms with E-state index >= 15 is 0 Å². The van der Waals surface area contributed by atoms with Crippen LogP contribution in [-0.4, -0.2) is 41.7 Å². The molecule has 3 aromatic rings. The van der Waals surface area contributed by atoms with Crippen molar-refractivity contribution in [2.24, 2.45) is 5.10 Å². The van der Waals surface area contributed by atoms with Gasteiger partial charge in [-0.1, -0.05) is 42.5 Å². The van der Waals surface area contributed by atoms with Gasteiger partial charge in [0.05, 0.1) is 29.8 Å². The van der Waals surface area contributed by atoms with Crippen molar-refractivity contribution < 1.29 is 23.5 Å². The molecule has 0 radical (unpaired) electrons. The largest absolute Gasteiger partial charge is 0.459 e. The summed E-state index contributed by atoms with van der Waals surface area (Å²) in [4.78, 5) is 37.2. The summed E-state index contributed by atoms with van der Waals surface area (Å²) >= 11 is 0. The Hall–Kier alpha value is -4.20. The number of rotatable bonds is 6. The zero-order valence-corrected chi connectivity index (χ0v) is 16.5. The second-order valence-corrected chi connectivity index (χ2v) is 6.73. The van der Waals surface area contributed by atoms with Crippen molar-refractivity contribution in [1.29, 1.82) is 0 Å². The van der Waals surface area contributed by atoms with E-state index in [4.69, 9.17) is 9.15 Å². The van der Waals surface area contributed by atoms with Gasteiger partial charge in [-0.3, -0.25) is 9.59 Å². The van der Waals surface area contributed by atoms with Gasteiger partial charge in [-0.25, -0.2) is 9.80 Å². The summed E-state index contributed by atoms with van der Waals surface area (Å²) in [6.45, 7) is -0.0265. The number of hydrogen-bond acceptors (Lipinski definition) is 6. The van der Waals surface area contributed by atoms with Crippen LogP contribution in [0.25, 0.3) is 0 Å². The molecule has 1 aliphatic rings. The molecule has 0 spiro atoms. The molecule has 156 valence electrons. The highest BCUT2D eigenvalue weighted by atomic mass is 16.5. The summed E-state index contributed by atoms with van der Waals surface area (Å²) in [6, 6.07) is 19.1. The first-order valence-electron chi connectivity index (χ1n) is 9.66. The highest BCUT2D eigenvalue weighted by Gasteiger charge is 2.23. The molecule has 0 saturated heterocycles. The maximum Gasteiger partial charge on any atom is 0.340 e. The molecule has 8 heteroatoms. The molecular formula is C23H19N3O5. The number of esters is 1. The molecule has 2 amide bonds. The molecule has 2 aromatic carbocycles. The fourth-order valence-electron chi connectivity index (χ4n) is 3.11. The fourth-order valence-corrected chi connectivity index (χ4v) is 3.11. The summed E-state index contributed by atoms with van der Waals surface area (Å²) < 4.78 is 10.2. The zero-order chi connectivity index (χ0) is 21.6. The van der Waals surface area contributed by atoms with Gasteiger partial charge >= 0.3 is 5.97 Å². The third kappa shape index (κ3) is 4.69. The maximum atomic E-state index is 12.5. The molecule has 4 rings (SSSR count). The van der Waals surface area contributed by atoms with Crippen LogP contribution in [0.5, 0.6) is 0 Å². The second-order valence-electron chi connectivity index (χ2n) is 6.73. The number of nitrogens with zero attached hydrogens (tertiary/aromatic N) is 2. The SMILES string of the molecule is O=C(Nc1ccccc1C(=O)OCC(=O)N1CCC(c2ccccc2)=N1)c1ccco1. The Morgan fingerprint density at radius 2 is 1.77 bits per heavy atom. The number of anilines is 1. The quantitative estimate of drug-likeness (QED) is 0.620. The lowest BCUT2D eigenvalue weighted by atomic mass is 10.1. The van der Waals surface area contributed by atoms with E-state index in [2.05, 4.69) is 10.4 Å². The standard InChI is InChI=1S/C23H19N3O5/c27-21(26-13-12-18(25-26)16-7-2-1-3-8-16)15-31-23(29)17-9-4-5-10-19(17)24-22(28)20-11-6-14-30-20/h1-11,14H,12-13,15H2,(H,24,28). The van der Waals surface area contributed by atoms with E-state index in [0.717, 1.165) is 11.3 Å². The normalized spacial score (nSPS) is 12.9. The number of carbonyl (C=O) groups excluding carboxylic acids is 3. The van der Waals surface area contributed by atoms with Crippen molar-refractivity contribution in [1.82, 2.24) is 5.01 Å². The highest BCUT2D eigenvalue weighted by Crippen LogP contribution is 2.18. The van der Waals surface area contributed by atoms with Crippen LogP contribution in [0, 0.1) is 0 Å². The van der Waals surface area contributed by atoms with E-state index in [1.165, 1.54) is 23.4 Å². The molecule has 0 bridgehead atoms. The summed E-state index contributed by atoms with van der Waals surface area (Å²) in [7, 11) is 0. The van der Waals surface area contributed by atoms with Gasteiger partial charge in [0.1, 0.15) is 0 Å². The van der Waals surface area contributed by atoms with E-state index in [1.54, 1.807) is 24.3 Å². The molecule has 0 unspecified atom stereocenters. The van der Waals surface area contributed by atoms with Gasteiger partial charge in [0, 0.05) is 6.42 Å². The van der Waals surface area contributed by atoms with Gasteiger partial charge in [0.2, 0.25) is 0 Å².